The predicted octanol–water partition coefficient (Wildman–Crippen LogP) is 4.35. The summed E-state index contributed by atoms with van der Waals surface area (Å²) in [6, 6.07) is 14.4. The van der Waals surface area contributed by atoms with E-state index < -0.39 is 0 Å². The van der Waals surface area contributed by atoms with Gasteiger partial charge in [0.25, 0.3) is 0 Å². The summed E-state index contributed by atoms with van der Waals surface area (Å²) in [5.41, 5.74) is 6.41. The molecule has 0 saturated heterocycles. The fraction of sp³-hybridized carbons (Fsp3) is 0.0500. The molecule has 0 aliphatic rings. The Morgan fingerprint density at radius 2 is 1.75 bits per heavy atom. The SMILES string of the molecule is C=CCn1c(-c2ccncc2)c(-c2ccccc2)c2ncncc21. The highest BCUT2D eigenvalue weighted by Crippen LogP contribution is 2.39. The molecular formula is C20H16N4. The van der Waals surface area contributed by atoms with E-state index in [4.69, 9.17) is 0 Å². The molecule has 1 aromatic carbocycles. The van der Waals surface area contributed by atoms with Crippen LogP contribution in [0.25, 0.3) is 33.4 Å². The van der Waals surface area contributed by atoms with E-state index in [1.165, 1.54) is 0 Å². The molecule has 0 radical (unpaired) electrons. The van der Waals surface area contributed by atoms with E-state index in [1.54, 1.807) is 6.33 Å². The van der Waals surface area contributed by atoms with E-state index in [1.807, 2.05) is 55.0 Å². The second-order valence-electron chi connectivity index (χ2n) is 5.48. The van der Waals surface area contributed by atoms with Gasteiger partial charge < -0.3 is 4.57 Å². The van der Waals surface area contributed by atoms with Crippen molar-refractivity contribution in [2.45, 2.75) is 6.54 Å². The van der Waals surface area contributed by atoms with Gasteiger partial charge in [-0.2, -0.15) is 0 Å². The molecule has 4 rings (SSSR count). The van der Waals surface area contributed by atoms with Crippen LogP contribution in [-0.2, 0) is 6.54 Å². The average Bonchev–Trinajstić information content (AvgIpc) is 2.98. The van der Waals surface area contributed by atoms with Crippen LogP contribution in [0.5, 0.6) is 0 Å². The zero-order valence-corrected chi connectivity index (χ0v) is 13.1. The van der Waals surface area contributed by atoms with Gasteiger partial charge in [0.2, 0.25) is 0 Å². The fourth-order valence-corrected chi connectivity index (χ4v) is 3.09. The van der Waals surface area contributed by atoms with Crippen LogP contribution in [0.2, 0.25) is 0 Å². The zero-order chi connectivity index (χ0) is 16.4. The molecule has 0 fully saturated rings. The number of hydrogen-bond acceptors (Lipinski definition) is 3. The molecule has 4 nitrogen and oxygen atoms in total. The minimum Gasteiger partial charge on any atom is -0.333 e. The summed E-state index contributed by atoms with van der Waals surface area (Å²) in [7, 11) is 0. The summed E-state index contributed by atoms with van der Waals surface area (Å²) in [6.45, 7) is 4.59. The highest BCUT2D eigenvalue weighted by molar-refractivity contribution is 6.02. The molecule has 0 spiro atoms. The summed E-state index contributed by atoms with van der Waals surface area (Å²) < 4.78 is 2.21. The Hall–Kier alpha value is -3.27. The Morgan fingerprint density at radius 1 is 0.958 bits per heavy atom. The lowest BCUT2D eigenvalue weighted by Gasteiger charge is -2.10. The largest absolute Gasteiger partial charge is 0.333 e. The molecule has 3 heterocycles. The second-order valence-corrected chi connectivity index (χ2v) is 5.48. The van der Waals surface area contributed by atoms with Crippen LogP contribution in [0.1, 0.15) is 0 Å². The number of allylic oxidation sites excluding steroid dienone is 1. The Bertz CT molecular complexity index is 988. The van der Waals surface area contributed by atoms with Crippen molar-refractivity contribution < 1.29 is 0 Å². The number of benzene rings is 1. The maximum Gasteiger partial charge on any atom is 0.116 e. The summed E-state index contributed by atoms with van der Waals surface area (Å²) >= 11 is 0. The fourth-order valence-electron chi connectivity index (χ4n) is 3.09. The number of pyridine rings is 1. The normalized spacial score (nSPS) is 10.8. The topological polar surface area (TPSA) is 43.6 Å². The van der Waals surface area contributed by atoms with E-state index in [0.29, 0.717) is 6.54 Å². The van der Waals surface area contributed by atoms with Crippen LogP contribution in [0.15, 0.2) is 80.0 Å². The van der Waals surface area contributed by atoms with Crippen LogP contribution in [0, 0.1) is 0 Å². The van der Waals surface area contributed by atoms with Crippen molar-refractivity contribution in [2.24, 2.45) is 0 Å². The summed E-state index contributed by atoms with van der Waals surface area (Å²) in [5.74, 6) is 0. The molecule has 0 bridgehead atoms. The monoisotopic (exact) mass is 312 g/mol. The van der Waals surface area contributed by atoms with Crippen molar-refractivity contribution in [3.05, 3.63) is 80.0 Å². The molecule has 0 saturated carbocycles. The third-order valence-corrected chi connectivity index (χ3v) is 4.06. The maximum absolute atomic E-state index is 4.56. The van der Waals surface area contributed by atoms with E-state index in [2.05, 4.69) is 38.2 Å². The first-order chi connectivity index (χ1) is 11.9. The summed E-state index contributed by atoms with van der Waals surface area (Å²) in [6.07, 6.45) is 8.98. The Labute approximate surface area is 140 Å². The van der Waals surface area contributed by atoms with E-state index in [-0.39, 0.29) is 0 Å². The summed E-state index contributed by atoms with van der Waals surface area (Å²) in [4.78, 5) is 12.9. The molecule has 4 aromatic rings. The first-order valence-electron chi connectivity index (χ1n) is 7.79. The minimum absolute atomic E-state index is 0.689. The van der Waals surface area contributed by atoms with Gasteiger partial charge in [-0.15, -0.1) is 6.58 Å². The minimum atomic E-state index is 0.689. The lowest BCUT2D eigenvalue weighted by molar-refractivity contribution is 0.870. The molecule has 116 valence electrons. The Morgan fingerprint density at radius 3 is 2.50 bits per heavy atom. The molecule has 0 unspecified atom stereocenters. The molecule has 0 aliphatic heterocycles. The highest BCUT2D eigenvalue weighted by atomic mass is 15.0. The van der Waals surface area contributed by atoms with Gasteiger partial charge in [0.05, 0.1) is 17.4 Å². The van der Waals surface area contributed by atoms with Gasteiger partial charge in [0.1, 0.15) is 11.8 Å². The molecule has 0 atom stereocenters. The van der Waals surface area contributed by atoms with Crippen molar-refractivity contribution in [1.82, 2.24) is 19.5 Å². The Kier molecular flexibility index (Phi) is 3.63. The van der Waals surface area contributed by atoms with Crippen molar-refractivity contribution in [2.75, 3.05) is 0 Å². The smallest absolute Gasteiger partial charge is 0.116 e. The lowest BCUT2D eigenvalue weighted by atomic mass is 10.0. The van der Waals surface area contributed by atoms with Gasteiger partial charge in [-0.1, -0.05) is 36.4 Å². The maximum atomic E-state index is 4.56. The molecule has 4 heteroatoms. The van der Waals surface area contributed by atoms with Crippen LogP contribution in [0.4, 0.5) is 0 Å². The van der Waals surface area contributed by atoms with Crippen LogP contribution >= 0.6 is 0 Å². The van der Waals surface area contributed by atoms with Gasteiger partial charge in [-0.25, -0.2) is 9.97 Å². The molecular weight excluding hydrogens is 296 g/mol. The quantitative estimate of drug-likeness (QED) is 0.526. The first-order valence-corrected chi connectivity index (χ1v) is 7.79. The number of rotatable bonds is 4. The van der Waals surface area contributed by atoms with Crippen molar-refractivity contribution in [1.29, 1.82) is 0 Å². The molecule has 0 aliphatic carbocycles. The van der Waals surface area contributed by atoms with Gasteiger partial charge in [-0.3, -0.25) is 4.98 Å². The van der Waals surface area contributed by atoms with Gasteiger partial charge in [0, 0.05) is 30.1 Å². The number of aromatic nitrogens is 4. The van der Waals surface area contributed by atoms with Crippen LogP contribution in [0.3, 0.4) is 0 Å². The van der Waals surface area contributed by atoms with Gasteiger partial charge >= 0.3 is 0 Å². The third-order valence-electron chi connectivity index (χ3n) is 4.06. The first kappa shape index (κ1) is 14.3. The van der Waals surface area contributed by atoms with Crippen LogP contribution in [-0.4, -0.2) is 19.5 Å². The van der Waals surface area contributed by atoms with Crippen LogP contribution < -0.4 is 0 Å². The molecule has 0 N–H and O–H groups in total. The van der Waals surface area contributed by atoms with Crippen molar-refractivity contribution >= 4 is 11.0 Å². The second kappa shape index (κ2) is 6.08. The highest BCUT2D eigenvalue weighted by Gasteiger charge is 2.20. The summed E-state index contributed by atoms with van der Waals surface area (Å²) in [5, 5.41) is 0. The van der Waals surface area contributed by atoms with E-state index in [0.717, 1.165) is 33.4 Å². The molecule has 0 amide bonds. The molecule has 3 aromatic heterocycles. The molecule has 24 heavy (non-hydrogen) atoms. The van der Waals surface area contributed by atoms with Crippen molar-refractivity contribution in [3.63, 3.8) is 0 Å². The van der Waals surface area contributed by atoms with E-state index in [9.17, 15) is 0 Å². The Balaban J connectivity index is 2.14. The van der Waals surface area contributed by atoms with E-state index >= 15 is 0 Å². The number of fused-ring (bicyclic) bond motifs is 1. The zero-order valence-electron chi connectivity index (χ0n) is 13.1. The lowest BCUT2D eigenvalue weighted by Crippen LogP contribution is -1.98. The third kappa shape index (κ3) is 2.29. The predicted molar refractivity (Wildman–Crippen MR) is 96.4 cm³/mol. The average molecular weight is 312 g/mol. The standard InChI is InChI=1S/C20H16N4/c1-2-12-24-17-13-22-14-23-19(17)18(15-6-4-3-5-7-15)20(24)16-8-10-21-11-9-16/h2-11,13-14H,1,12H2. The number of hydrogen-bond donors (Lipinski definition) is 0. The number of nitrogens with zero attached hydrogens (tertiary/aromatic N) is 4. The van der Waals surface area contributed by atoms with Crippen molar-refractivity contribution in [3.8, 4) is 22.4 Å². The van der Waals surface area contributed by atoms with Gasteiger partial charge in [0.15, 0.2) is 0 Å². The van der Waals surface area contributed by atoms with Gasteiger partial charge in [-0.05, 0) is 17.7 Å².